The lowest BCUT2D eigenvalue weighted by Gasteiger charge is -2.22. The van der Waals surface area contributed by atoms with Gasteiger partial charge in [0.15, 0.2) is 0 Å². The fourth-order valence-electron chi connectivity index (χ4n) is 2.65. The molecular formula is C15H24N2. The van der Waals surface area contributed by atoms with E-state index < -0.39 is 0 Å². The van der Waals surface area contributed by atoms with Gasteiger partial charge in [-0.2, -0.15) is 0 Å². The molecule has 3 N–H and O–H groups in total. The van der Waals surface area contributed by atoms with Crippen LogP contribution in [-0.2, 0) is 6.42 Å². The Balaban J connectivity index is 1.64. The van der Waals surface area contributed by atoms with Crippen LogP contribution in [0.2, 0.25) is 0 Å². The third-order valence-corrected chi connectivity index (χ3v) is 3.72. The number of hydrogen-bond donors (Lipinski definition) is 2. The van der Waals surface area contributed by atoms with Gasteiger partial charge in [0.1, 0.15) is 0 Å². The third kappa shape index (κ3) is 4.04. The summed E-state index contributed by atoms with van der Waals surface area (Å²) in [7, 11) is 0. The molecule has 0 aliphatic heterocycles. The van der Waals surface area contributed by atoms with Crippen LogP contribution in [0.3, 0.4) is 0 Å². The molecular weight excluding hydrogens is 208 g/mol. The lowest BCUT2D eigenvalue weighted by molar-refractivity contribution is 0.372. The summed E-state index contributed by atoms with van der Waals surface area (Å²) in [6.07, 6.45) is 9.25. The van der Waals surface area contributed by atoms with E-state index in [1.54, 1.807) is 0 Å². The zero-order valence-electron chi connectivity index (χ0n) is 10.6. The Kier molecular flexibility index (Phi) is 4.87. The van der Waals surface area contributed by atoms with Crippen molar-refractivity contribution in [1.29, 1.82) is 0 Å². The number of benzene rings is 1. The molecule has 0 amide bonds. The number of hydrogen-bond acceptors (Lipinski definition) is 2. The molecule has 2 heteroatoms. The summed E-state index contributed by atoms with van der Waals surface area (Å²) in [6.45, 7) is 1.12. The molecule has 1 fully saturated rings. The van der Waals surface area contributed by atoms with Crippen LogP contribution in [0, 0.1) is 0 Å². The summed E-state index contributed by atoms with van der Waals surface area (Å²) < 4.78 is 0. The van der Waals surface area contributed by atoms with Gasteiger partial charge in [0.05, 0.1) is 0 Å². The van der Waals surface area contributed by atoms with E-state index in [1.165, 1.54) is 44.1 Å². The van der Waals surface area contributed by atoms with Crippen LogP contribution < -0.4 is 11.1 Å². The lowest BCUT2D eigenvalue weighted by atomic mass is 9.95. The molecule has 2 nitrogen and oxygen atoms in total. The molecule has 94 valence electrons. The average molecular weight is 232 g/mol. The molecule has 1 aliphatic carbocycles. The molecule has 0 radical (unpaired) electrons. The molecule has 0 saturated heterocycles. The van der Waals surface area contributed by atoms with Gasteiger partial charge in [-0.3, -0.25) is 0 Å². The number of nitrogen functional groups attached to an aromatic ring is 1. The first kappa shape index (κ1) is 12.4. The summed E-state index contributed by atoms with van der Waals surface area (Å²) in [5, 5.41) is 3.67. The highest BCUT2D eigenvalue weighted by Crippen LogP contribution is 2.17. The van der Waals surface area contributed by atoms with E-state index in [9.17, 15) is 0 Å². The van der Waals surface area contributed by atoms with Crippen LogP contribution in [0.15, 0.2) is 24.3 Å². The molecule has 0 unspecified atom stereocenters. The fourth-order valence-corrected chi connectivity index (χ4v) is 2.65. The minimum atomic E-state index is 0.775. The molecule has 1 aliphatic rings. The second kappa shape index (κ2) is 6.65. The first-order valence-corrected chi connectivity index (χ1v) is 6.93. The number of para-hydroxylation sites is 1. The highest BCUT2D eigenvalue weighted by Gasteiger charge is 2.11. The molecule has 0 bridgehead atoms. The summed E-state index contributed by atoms with van der Waals surface area (Å²) in [5.41, 5.74) is 8.15. The number of nitrogens with two attached hydrogens (primary N) is 1. The van der Waals surface area contributed by atoms with Gasteiger partial charge >= 0.3 is 0 Å². The molecule has 17 heavy (non-hydrogen) atoms. The van der Waals surface area contributed by atoms with E-state index >= 15 is 0 Å². The molecule has 2 rings (SSSR count). The molecule has 1 saturated carbocycles. The highest BCUT2D eigenvalue weighted by molar-refractivity contribution is 5.46. The maximum atomic E-state index is 5.93. The summed E-state index contributed by atoms with van der Waals surface area (Å²) >= 11 is 0. The SMILES string of the molecule is Nc1ccccc1CCCNC1CCCCC1. The van der Waals surface area contributed by atoms with E-state index in [4.69, 9.17) is 5.73 Å². The van der Waals surface area contributed by atoms with Crippen LogP contribution >= 0.6 is 0 Å². The maximum absolute atomic E-state index is 5.93. The molecule has 0 atom stereocenters. The monoisotopic (exact) mass is 232 g/mol. The van der Waals surface area contributed by atoms with Crippen molar-refractivity contribution in [2.24, 2.45) is 0 Å². The smallest absolute Gasteiger partial charge is 0.0346 e. The zero-order chi connectivity index (χ0) is 11.9. The number of nitrogens with one attached hydrogen (secondary N) is 1. The minimum absolute atomic E-state index is 0.775. The number of rotatable bonds is 5. The van der Waals surface area contributed by atoms with Gasteiger partial charge in [-0.1, -0.05) is 37.5 Å². The number of aryl methyl sites for hydroxylation is 1. The van der Waals surface area contributed by atoms with E-state index in [2.05, 4.69) is 17.4 Å². The van der Waals surface area contributed by atoms with Crippen LogP contribution in [0.25, 0.3) is 0 Å². The first-order chi connectivity index (χ1) is 8.36. The first-order valence-electron chi connectivity index (χ1n) is 6.93. The zero-order valence-corrected chi connectivity index (χ0v) is 10.6. The van der Waals surface area contributed by atoms with Gasteiger partial charge < -0.3 is 11.1 Å². The third-order valence-electron chi connectivity index (χ3n) is 3.72. The van der Waals surface area contributed by atoms with Crippen LogP contribution in [0.1, 0.15) is 44.1 Å². The standard InChI is InChI=1S/C15H24N2/c16-15-11-5-4-7-13(15)8-6-12-17-14-9-2-1-3-10-14/h4-5,7,11,14,17H,1-3,6,8-10,12,16H2. The van der Waals surface area contributed by atoms with E-state index in [1.807, 2.05) is 12.1 Å². The predicted octanol–water partition coefficient (Wildman–Crippen LogP) is 3.12. The van der Waals surface area contributed by atoms with Gasteiger partial charge in [0.25, 0.3) is 0 Å². The minimum Gasteiger partial charge on any atom is -0.399 e. The van der Waals surface area contributed by atoms with E-state index in [-0.39, 0.29) is 0 Å². The highest BCUT2D eigenvalue weighted by atomic mass is 14.9. The van der Waals surface area contributed by atoms with Crippen LogP contribution in [0.5, 0.6) is 0 Å². The Hall–Kier alpha value is -1.02. The normalized spacial score (nSPS) is 17.2. The molecule has 0 spiro atoms. The Bertz CT molecular complexity index is 329. The van der Waals surface area contributed by atoms with Crippen molar-refractivity contribution >= 4 is 5.69 Å². The number of anilines is 1. The van der Waals surface area contributed by atoms with Gasteiger partial charge in [-0.15, -0.1) is 0 Å². The van der Waals surface area contributed by atoms with Crippen molar-refractivity contribution in [3.63, 3.8) is 0 Å². The van der Waals surface area contributed by atoms with Crippen LogP contribution in [0.4, 0.5) is 5.69 Å². The summed E-state index contributed by atoms with van der Waals surface area (Å²) in [5.74, 6) is 0. The average Bonchev–Trinajstić information content (AvgIpc) is 2.38. The van der Waals surface area contributed by atoms with Gasteiger partial charge in [-0.05, 0) is 43.9 Å². The second-order valence-electron chi connectivity index (χ2n) is 5.09. The Morgan fingerprint density at radius 1 is 1.12 bits per heavy atom. The van der Waals surface area contributed by atoms with Gasteiger partial charge in [0, 0.05) is 11.7 Å². The summed E-state index contributed by atoms with van der Waals surface area (Å²) in [6, 6.07) is 8.97. The van der Waals surface area contributed by atoms with Crippen molar-refractivity contribution in [1.82, 2.24) is 5.32 Å². The van der Waals surface area contributed by atoms with E-state index in [0.717, 1.165) is 24.7 Å². The second-order valence-corrected chi connectivity index (χ2v) is 5.09. The largest absolute Gasteiger partial charge is 0.399 e. The Morgan fingerprint density at radius 3 is 2.65 bits per heavy atom. The van der Waals surface area contributed by atoms with Crippen molar-refractivity contribution in [3.05, 3.63) is 29.8 Å². The van der Waals surface area contributed by atoms with Crippen molar-refractivity contribution in [2.45, 2.75) is 51.0 Å². The summed E-state index contributed by atoms with van der Waals surface area (Å²) in [4.78, 5) is 0. The van der Waals surface area contributed by atoms with E-state index in [0.29, 0.717) is 0 Å². The Morgan fingerprint density at radius 2 is 1.88 bits per heavy atom. The topological polar surface area (TPSA) is 38.0 Å². The quantitative estimate of drug-likeness (QED) is 0.604. The van der Waals surface area contributed by atoms with Crippen LogP contribution in [-0.4, -0.2) is 12.6 Å². The lowest BCUT2D eigenvalue weighted by Crippen LogP contribution is -2.31. The maximum Gasteiger partial charge on any atom is 0.0346 e. The fraction of sp³-hybridized carbons (Fsp3) is 0.600. The van der Waals surface area contributed by atoms with Gasteiger partial charge in [0.2, 0.25) is 0 Å². The Labute approximate surface area is 105 Å². The van der Waals surface area contributed by atoms with Gasteiger partial charge in [-0.25, -0.2) is 0 Å². The van der Waals surface area contributed by atoms with Crippen molar-refractivity contribution in [3.8, 4) is 0 Å². The molecule has 0 heterocycles. The molecule has 0 aromatic heterocycles. The van der Waals surface area contributed by atoms with Crippen molar-refractivity contribution < 1.29 is 0 Å². The van der Waals surface area contributed by atoms with Crippen molar-refractivity contribution in [2.75, 3.05) is 12.3 Å². The molecule has 1 aromatic carbocycles. The predicted molar refractivity (Wildman–Crippen MR) is 74.1 cm³/mol. The molecule has 1 aromatic rings.